The van der Waals surface area contributed by atoms with Crippen LogP contribution in [-0.2, 0) is 0 Å². The van der Waals surface area contributed by atoms with Crippen LogP contribution >= 0.6 is 0 Å². The average molecular weight is 184 g/mol. The van der Waals surface area contributed by atoms with Gasteiger partial charge in [-0.05, 0) is 37.8 Å². The molecule has 0 aromatic heterocycles. The summed E-state index contributed by atoms with van der Waals surface area (Å²) in [5.41, 5.74) is 5.80. The SMILES string of the molecule is CC1CCN([C@@H](CN)C(C)C)CC1. The summed E-state index contributed by atoms with van der Waals surface area (Å²) in [6.45, 7) is 10.2. The van der Waals surface area contributed by atoms with E-state index in [9.17, 15) is 0 Å². The lowest BCUT2D eigenvalue weighted by atomic mass is 9.94. The van der Waals surface area contributed by atoms with E-state index in [0.29, 0.717) is 12.0 Å². The maximum Gasteiger partial charge on any atom is 0.0241 e. The van der Waals surface area contributed by atoms with Gasteiger partial charge < -0.3 is 5.73 Å². The molecule has 0 bridgehead atoms. The zero-order valence-electron chi connectivity index (χ0n) is 9.29. The quantitative estimate of drug-likeness (QED) is 0.723. The van der Waals surface area contributed by atoms with Gasteiger partial charge in [-0.15, -0.1) is 0 Å². The summed E-state index contributed by atoms with van der Waals surface area (Å²) in [6.07, 6.45) is 2.70. The van der Waals surface area contributed by atoms with Crippen molar-refractivity contribution in [1.29, 1.82) is 0 Å². The molecule has 2 N–H and O–H groups in total. The van der Waals surface area contributed by atoms with Crippen molar-refractivity contribution in [3.8, 4) is 0 Å². The Balaban J connectivity index is 2.41. The minimum atomic E-state index is 0.604. The van der Waals surface area contributed by atoms with Crippen molar-refractivity contribution in [2.45, 2.75) is 39.7 Å². The number of piperidine rings is 1. The monoisotopic (exact) mass is 184 g/mol. The van der Waals surface area contributed by atoms with E-state index >= 15 is 0 Å². The summed E-state index contributed by atoms with van der Waals surface area (Å²) in [4.78, 5) is 2.57. The van der Waals surface area contributed by atoms with Gasteiger partial charge in [0.25, 0.3) is 0 Å². The Morgan fingerprint density at radius 1 is 1.31 bits per heavy atom. The molecule has 0 aromatic carbocycles. The lowest BCUT2D eigenvalue weighted by Crippen LogP contribution is -2.47. The zero-order chi connectivity index (χ0) is 9.84. The molecule has 1 fully saturated rings. The first-order chi connectivity index (χ1) is 6.15. The highest BCUT2D eigenvalue weighted by Gasteiger charge is 2.23. The van der Waals surface area contributed by atoms with Gasteiger partial charge in [0.2, 0.25) is 0 Å². The molecule has 0 aromatic rings. The lowest BCUT2D eigenvalue weighted by molar-refractivity contribution is 0.113. The van der Waals surface area contributed by atoms with E-state index in [1.54, 1.807) is 0 Å². The van der Waals surface area contributed by atoms with Gasteiger partial charge in [0.15, 0.2) is 0 Å². The Morgan fingerprint density at radius 3 is 2.23 bits per heavy atom. The average Bonchev–Trinajstić information content (AvgIpc) is 2.09. The number of nitrogens with zero attached hydrogens (tertiary/aromatic N) is 1. The van der Waals surface area contributed by atoms with Crippen molar-refractivity contribution in [2.24, 2.45) is 17.6 Å². The van der Waals surface area contributed by atoms with Gasteiger partial charge in [0.05, 0.1) is 0 Å². The fourth-order valence-corrected chi connectivity index (χ4v) is 2.20. The Morgan fingerprint density at radius 2 is 1.85 bits per heavy atom. The second-order valence-electron chi connectivity index (χ2n) is 4.77. The van der Waals surface area contributed by atoms with E-state index in [0.717, 1.165) is 12.5 Å². The van der Waals surface area contributed by atoms with Gasteiger partial charge in [0.1, 0.15) is 0 Å². The largest absolute Gasteiger partial charge is 0.329 e. The molecule has 1 heterocycles. The number of hydrogen-bond acceptors (Lipinski definition) is 2. The molecule has 0 unspecified atom stereocenters. The molecule has 78 valence electrons. The maximum atomic E-state index is 5.80. The Labute approximate surface area is 82.5 Å². The van der Waals surface area contributed by atoms with Crippen molar-refractivity contribution in [3.05, 3.63) is 0 Å². The van der Waals surface area contributed by atoms with E-state index in [-0.39, 0.29) is 0 Å². The fraction of sp³-hybridized carbons (Fsp3) is 1.00. The molecule has 1 aliphatic heterocycles. The molecule has 0 amide bonds. The van der Waals surface area contributed by atoms with Crippen molar-refractivity contribution in [2.75, 3.05) is 19.6 Å². The molecule has 1 aliphatic rings. The number of rotatable bonds is 3. The van der Waals surface area contributed by atoms with Crippen LogP contribution in [0.4, 0.5) is 0 Å². The minimum absolute atomic E-state index is 0.604. The van der Waals surface area contributed by atoms with Gasteiger partial charge in [-0.3, -0.25) is 4.90 Å². The predicted octanol–water partition coefficient (Wildman–Crippen LogP) is 1.70. The first kappa shape index (κ1) is 11.0. The normalized spacial score (nSPS) is 23.8. The molecule has 1 atom stereocenters. The molecular formula is C11H24N2. The van der Waals surface area contributed by atoms with Gasteiger partial charge in [-0.25, -0.2) is 0 Å². The summed E-state index contributed by atoms with van der Waals surface area (Å²) in [6, 6.07) is 0.604. The standard InChI is InChI=1S/C11H24N2/c1-9(2)11(8-12)13-6-4-10(3)5-7-13/h9-11H,4-8,12H2,1-3H3/t11-/m0/s1. The zero-order valence-corrected chi connectivity index (χ0v) is 9.29. The first-order valence-corrected chi connectivity index (χ1v) is 5.59. The molecule has 0 aliphatic carbocycles. The van der Waals surface area contributed by atoms with Crippen LogP contribution in [0.2, 0.25) is 0 Å². The van der Waals surface area contributed by atoms with Crippen LogP contribution in [0.15, 0.2) is 0 Å². The third-order valence-corrected chi connectivity index (χ3v) is 3.30. The fourth-order valence-electron chi connectivity index (χ4n) is 2.20. The predicted molar refractivity (Wildman–Crippen MR) is 57.7 cm³/mol. The number of nitrogens with two attached hydrogens (primary N) is 1. The number of hydrogen-bond donors (Lipinski definition) is 1. The van der Waals surface area contributed by atoms with Crippen molar-refractivity contribution < 1.29 is 0 Å². The Kier molecular flexibility index (Phi) is 4.20. The summed E-state index contributed by atoms with van der Waals surface area (Å²) in [5.74, 6) is 1.61. The van der Waals surface area contributed by atoms with Gasteiger partial charge in [-0.1, -0.05) is 20.8 Å². The summed E-state index contributed by atoms with van der Waals surface area (Å²) >= 11 is 0. The van der Waals surface area contributed by atoms with Crippen LogP contribution in [0, 0.1) is 11.8 Å². The molecule has 0 saturated carbocycles. The molecule has 1 saturated heterocycles. The van der Waals surface area contributed by atoms with Crippen LogP contribution in [0.1, 0.15) is 33.6 Å². The summed E-state index contributed by atoms with van der Waals surface area (Å²) in [7, 11) is 0. The van der Waals surface area contributed by atoms with E-state index in [1.165, 1.54) is 25.9 Å². The smallest absolute Gasteiger partial charge is 0.0241 e. The molecule has 0 radical (unpaired) electrons. The van der Waals surface area contributed by atoms with Gasteiger partial charge in [0, 0.05) is 12.6 Å². The Hall–Kier alpha value is -0.0800. The first-order valence-electron chi connectivity index (χ1n) is 5.59. The Bertz CT molecular complexity index is 137. The highest BCUT2D eigenvalue weighted by molar-refractivity contribution is 4.79. The molecule has 2 heteroatoms. The topological polar surface area (TPSA) is 29.3 Å². The highest BCUT2D eigenvalue weighted by atomic mass is 15.2. The third kappa shape index (κ3) is 2.96. The second kappa shape index (κ2) is 4.97. The molecular weight excluding hydrogens is 160 g/mol. The van der Waals surface area contributed by atoms with Crippen LogP contribution < -0.4 is 5.73 Å². The maximum absolute atomic E-state index is 5.80. The van der Waals surface area contributed by atoms with Crippen LogP contribution in [0.5, 0.6) is 0 Å². The summed E-state index contributed by atoms with van der Waals surface area (Å²) in [5, 5.41) is 0. The lowest BCUT2D eigenvalue weighted by Gasteiger charge is -2.38. The summed E-state index contributed by atoms with van der Waals surface area (Å²) < 4.78 is 0. The van der Waals surface area contributed by atoms with Crippen LogP contribution in [0.3, 0.4) is 0 Å². The van der Waals surface area contributed by atoms with Crippen molar-refractivity contribution in [3.63, 3.8) is 0 Å². The molecule has 0 spiro atoms. The van der Waals surface area contributed by atoms with Gasteiger partial charge in [-0.2, -0.15) is 0 Å². The van der Waals surface area contributed by atoms with E-state index in [2.05, 4.69) is 25.7 Å². The van der Waals surface area contributed by atoms with Crippen molar-refractivity contribution in [1.82, 2.24) is 4.90 Å². The van der Waals surface area contributed by atoms with Crippen LogP contribution in [0.25, 0.3) is 0 Å². The van der Waals surface area contributed by atoms with E-state index in [1.807, 2.05) is 0 Å². The number of likely N-dealkylation sites (tertiary alicyclic amines) is 1. The molecule has 2 nitrogen and oxygen atoms in total. The minimum Gasteiger partial charge on any atom is -0.329 e. The second-order valence-corrected chi connectivity index (χ2v) is 4.77. The van der Waals surface area contributed by atoms with Gasteiger partial charge >= 0.3 is 0 Å². The molecule has 1 rings (SSSR count). The van der Waals surface area contributed by atoms with E-state index < -0.39 is 0 Å². The van der Waals surface area contributed by atoms with E-state index in [4.69, 9.17) is 5.73 Å². The molecule has 13 heavy (non-hydrogen) atoms. The highest BCUT2D eigenvalue weighted by Crippen LogP contribution is 2.20. The third-order valence-electron chi connectivity index (χ3n) is 3.30. The van der Waals surface area contributed by atoms with Crippen LogP contribution in [-0.4, -0.2) is 30.6 Å². The van der Waals surface area contributed by atoms with Crippen molar-refractivity contribution >= 4 is 0 Å².